The summed E-state index contributed by atoms with van der Waals surface area (Å²) in [7, 11) is 0. The molecule has 1 saturated heterocycles. The minimum atomic E-state index is -0.984. The second-order valence-electron chi connectivity index (χ2n) is 4.66. The number of hydrogen-bond donors (Lipinski definition) is 2. The highest BCUT2D eigenvalue weighted by Crippen LogP contribution is 2.33. The molecule has 0 aromatic heterocycles. The van der Waals surface area contributed by atoms with Crippen molar-refractivity contribution in [2.24, 2.45) is 0 Å². The first-order valence-electron chi connectivity index (χ1n) is 5.93. The van der Waals surface area contributed by atoms with Crippen LogP contribution in [0.5, 0.6) is 5.75 Å². The standard InChI is InChI=1S/C13H13NO4/c15-11-6-9(12(14-11)13(16)17)7-1-2-10-8(5-7)3-4-18-10/h1-2,5,9,12H,3-4,6H2,(H,14,15)(H,16,17). The summed E-state index contributed by atoms with van der Waals surface area (Å²) in [4.78, 5) is 22.5. The fourth-order valence-electron chi connectivity index (χ4n) is 2.63. The molecule has 0 aliphatic carbocycles. The van der Waals surface area contributed by atoms with Crippen LogP contribution in [0.2, 0.25) is 0 Å². The van der Waals surface area contributed by atoms with Gasteiger partial charge in [0.1, 0.15) is 11.8 Å². The second-order valence-corrected chi connectivity index (χ2v) is 4.66. The Morgan fingerprint density at radius 2 is 2.28 bits per heavy atom. The van der Waals surface area contributed by atoms with E-state index in [1.54, 1.807) is 0 Å². The second kappa shape index (κ2) is 4.01. The lowest BCUT2D eigenvalue weighted by molar-refractivity contribution is -0.140. The predicted molar refractivity (Wildman–Crippen MR) is 62.6 cm³/mol. The number of nitrogens with one attached hydrogen (secondary N) is 1. The molecule has 0 bridgehead atoms. The number of carbonyl (C=O) groups is 2. The Balaban J connectivity index is 1.94. The molecule has 0 saturated carbocycles. The van der Waals surface area contributed by atoms with E-state index in [1.807, 2.05) is 18.2 Å². The highest BCUT2D eigenvalue weighted by atomic mass is 16.5. The number of aliphatic carboxylic acids is 1. The summed E-state index contributed by atoms with van der Waals surface area (Å²) in [6, 6.07) is 4.85. The Morgan fingerprint density at radius 1 is 1.44 bits per heavy atom. The van der Waals surface area contributed by atoms with Gasteiger partial charge in [-0.3, -0.25) is 4.79 Å². The van der Waals surface area contributed by atoms with Crippen LogP contribution in [0.4, 0.5) is 0 Å². The van der Waals surface area contributed by atoms with E-state index in [-0.39, 0.29) is 18.2 Å². The van der Waals surface area contributed by atoms with E-state index < -0.39 is 12.0 Å². The van der Waals surface area contributed by atoms with Crippen LogP contribution in [0.25, 0.3) is 0 Å². The van der Waals surface area contributed by atoms with Gasteiger partial charge in [0.15, 0.2) is 0 Å². The Bertz CT molecular complexity index is 526. The topological polar surface area (TPSA) is 75.6 Å². The van der Waals surface area contributed by atoms with E-state index in [1.165, 1.54) is 0 Å². The number of carboxylic acid groups (broad SMARTS) is 1. The van der Waals surface area contributed by atoms with Crippen molar-refractivity contribution in [3.8, 4) is 5.75 Å². The Hall–Kier alpha value is -2.04. The molecule has 1 aromatic rings. The fourth-order valence-corrected chi connectivity index (χ4v) is 2.63. The van der Waals surface area contributed by atoms with Crippen LogP contribution >= 0.6 is 0 Å². The van der Waals surface area contributed by atoms with Gasteiger partial charge in [0.25, 0.3) is 0 Å². The van der Waals surface area contributed by atoms with Crippen LogP contribution < -0.4 is 10.1 Å². The normalized spacial score (nSPS) is 25.4. The number of amides is 1. The molecular formula is C13H13NO4. The van der Waals surface area contributed by atoms with Gasteiger partial charge in [0, 0.05) is 18.8 Å². The van der Waals surface area contributed by atoms with Gasteiger partial charge in [-0.25, -0.2) is 4.79 Å². The highest BCUT2D eigenvalue weighted by molar-refractivity contribution is 5.89. The van der Waals surface area contributed by atoms with Crippen LogP contribution in [0.3, 0.4) is 0 Å². The van der Waals surface area contributed by atoms with Crippen molar-refractivity contribution < 1.29 is 19.4 Å². The number of carboxylic acids is 1. The molecule has 2 N–H and O–H groups in total. The average Bonchev–Trinajstić information content (AvgIpc) is 2.93. The van der Waals surface area contributed by atoms with Crippen LogP contribution in [0, 0.1) is 0 Å². The Labute approximate surface area is 104 Å². The van der Waals surface area contributed by atoms with Crippen LogP contribution in [0.1, 0.15) is 23.5 Å². The molecule has 3 rings (SSSR count). The van der Waals surface area contributed by atoms with Gasteiger partial charge in [-0.05, 0) is 17.2 Å². The van der Waals surface area contributed by atoms with Gasteiger partial charge in [-0.15, -0.1) is 0 Å². The zero-order valence-electron chi connectivity index (χ0n) is 9.68. The number of hydrogen-bond acceptors (Lipinski definition) is 3. The van der Waals surface area contributed by atoms with Crippen molar-refractivity contribution in [2.45, 2.75) is 24.8 Å². The van der Waals surface area contributed by atoms with Gasteiger partial charge in [-0.1, -0.05) is 12.1 Å². The first-order valence-corrected chi connectivity index (χ1v) is 5.93. The number of carbonyl (C=O) groups excluding carboxylic acids is 1. The number of benzene rings is 1. The molecule has 0 radical (unpaired) electrons. The summed E-state index contributed by atoms with van der Waals surface area (Å²) >= 11 is 0. The smallest absolute Gasteiger partial charge is 0.326 e. The molecule has 94 valence electrons. The predicted octanol–water partition coefficient (Wildman–Crippen LogP) is 0.678. The molecule has 1 fully saturated rings. The van der Waals surface area contributed by atoms with Gasteiger partial charge >= 0.3 is 5.97 Å². The Morgan fingerprint density at radius 3 is 3.06 bits per heavy atom. The van der Waals surface area contributed by atoms with Crippen molar-refractivity contribution in [1.29, 1.82) is 0 Å². The minimum absolute atomic E-state index is 0.204. The number of ether oxygens (including phenoxy) is 1. The van der Waals surface area contributed by atoms with Crippen LogP contribution in [-0.2, 0) is 16.0 Å². The maximum Gasteiger partial charge on any atom is 0.326 e. The molecule has 18 heavy (non-hydrogen) atoms. The third-order valence-corrected chi connectivity index (χ3v) is 3.53. The third-order valence-electron chi connectivity index (χ3n) is 3.53. The summed E-state index contributed by atoms with van der Waals surface area (Å²) in [5.74, 6) is -0.615. The molecular weight excluding hydrogens is 234 g/mol. The lowest BCUT2D eigenvalue weighted by Crippen LogP contribution is -2.36. The molecule has 1 amide bonds. The van der Waals surface area contributed by atoms with Gasteiger partial charge in [-0.2, -0.15) is 0 Å². The molecule has 5 nitrogen and oxygen atoms in total. The van der Waals surface area contributed by atoms with E-state index in [0.29, 0.717) is 6.61 Å². The van der Waals surface area contributed by atoms with Crippen molar-refractivity contribution in [1.82, 2.24) is 5.32 Å². The molecule has 0 spiro atoms. The highest BCUT2D eigenvalue weighted by Gasteiger charge is 2.38. The molecule has 5 heteroatoms. The molecule has 2 unspecified atom stereocenters. The van der Waals surface area contributed by atoms with E-state index in [0.717, 1.165) is 23.3 Å². The minimum Gasteiger partial charge on any atom is -0.493 e. The lowest BCUT2D eigenvalue weighted by Gasteiger charge is -2.15. The lowest BCUT2D eigenvalue weighted by atomic mass is 9.90. The first kappa shape index (κ1) is 11.1. The average molecular weight is 247 g/mol. The molecule has 1 aromatic carbocycles. The van der Waals surface area contributed by atoms with Crippen LogP contribution in [0.15, 0.2) is 18.2 Å². The van der Waals surface area contributed by atoms with E-state index >= 15 is 0 Å². The molecule has 2 atom stereocenters. The fraction of sp³-hybridized carbons (Fsp3) is 0.385. The zero-order chi connectivity index (χ0) is 12.7. The monoisotopic (exact) mass is 247 g/mol. The maximum atomic E-state index is 11.4. The number of rotatable bonds is 2. The van der Waals surface area contributed by atoms with Gasteiger partial charge in [0.05, 0.1) is 6.61 Å². The summed E-state index contributed by atoms with van der Waals surface area (Å²) in [6.07, 6.45) is 1.08. The van der Waals surface area contributed by atoms with Crippen molar-refractivity contribution in [3.05, 3.63) is 29.3 Å². The SMILES string of the molecule is O=C1CC(c2ccc3c(c2)CCO3)C(C(=O)O)N1. The Kier molecular flexibility index (Phi) is 2.47. The largest absolute Gasteiger partial charge is 0.493 e. The molecule has 2 heterocycles. The van der Waals surface area contributed by atoms with E-state index in [4.69, 9.17) is 9.84 Å². The summed E-state index contributed by atoms with van der Waals surface area (Å²) < 4.78 is 5.41. The summed E-state index contributed by atoms with van der Waals surface area (Å²) in [5, 5.41) is 11.6. The number of fused-ring (bicyclic) bond motifs is 1. The maximum absolute atomic E-state index is 11.4. The van der Waals surface area contributed by atoms with Crippen LogP contribution in [-0.4, -0.2) is 29.6 Å². The van der Waals surface area contributed by atoms with E-state index in [9.17, 15) is 9.59 Å². The van der Waals surface area contributed by atoms with E-state index in [2.05, 4.69) is 5.32 Å². The third kappa shape index (κ3) is 1.72. The summed E-state index contributed by atoms with van der Waals surface area (Å²) in [6.45, 7) is 0.670. The molecule has 2 aliphatic rings. The van der Waals surface area contributed by atoms with Gasteiger partial charge in [0.2, 0.25) is 5.91 Å². The first-order chi connectivity index (χ1) is 8.65. The van der Waals surface area contributed by atoms with Crippen molar-refractivity contribution in [3.63, 3.8) is 0 Å². The van der Waals surface area contributed by atoms with Crippen molar-refractivity contribution in [2.75, 3.05) is 6.61 Å². The summed E-state index contributed by atoms with van der Waals surface area (Å²) in [5.41, 5.74) is 1.99. The van der Waals surface area contributed by atoms with Crippen molar-refractivity contribution >= 4 is 11.9 Å². The molecule has 2 aliphatic heterocycles. The van der Waals surface area contributed by atoms with Gasteiger partial charge < -0.3 is 15.2 Å². The quantitative estimate of drug-likeness (QED) is 0.805. The zero-order valence-corrected chi connectivity index (χ0v) is 9.68.